The molecule has 4 aromatic rings. The van der Waals surface area contributed by atoms with Crippen molar-refractivity contribution in [2.75, 3.05) is 47.5 Å². The SMILES string of the molecule is COc1ccc(CN2CCN(C(=O)c3ccc(CS(=O)(=O)c4cccc5cccnc45)c(OC)c3)CC2)c(OC)c1. The number of piperazine rings is 1. The molecule has 3 aromatic carbocycles. The van der Waals surface area contributed by atoms with Crippen molar-refractivity contribution in [3.05, 3.63) is 89.6 Å². The van der Waals surface area contributed by atoms with Gasteiger partial charge < -0.3 is 19.1 Å². The molecule has 0 bridgehead atoms. The summed E-state index contributed by atoms with van der Waals surface area (Å²) < 4.78 is 43.1. The second-order valence-corrected chi connectivity index (χ2v) is 11.8. The zero-order chi connectivity index (χ0) is 29.0. The zero-order valence-electron chi connectivity index (χ0n) is 23.4. The highest BCUT2D eigenvalue weighted by atomic mass is 32.2. The van der Waals surface area contributed by atoms with Crippen molar-refractivity contribution in [2.45, 2.75) is 17.2 Å². The van der Waals surface area contributed by atoms with Crippen molar-refractivity contribution in [1.29, 1.82) is 0 Å². The maximum absolute atomic E-state index is 13.4. The van der Waals surface area contributed by atoms with Gasteiger partial charge in [0.25, 0.3) is 5.91 Å². The summed E-state index contributed by atoms with van der Waals surface area (Å²) in [5.41, 5.74) is 2.43. The molecular weight excluding hydrogens is 542 g/mol. The molecule has 9 nitrogen and oxygen atoms in total. The van der Waals surface area contributed by atoms with E-state index in [1.807, 2.05) is 35.2 Å². The van der Waals surface area contributed by atoms with Gasteiger partial charge in [-0.2, -0.15) is 0 Å². The predicted molar refractivity (Wildman–Crippen MR) is 156 cm³/mol. The Morgan fingerprint density at radius 1 is 0.829 bits per heavy atom. The average molecular weight is 576 g/mol. The molecule has 1 saturated heterocycles. The molecule has 1 aliphatic heterocycles. The van der Waals surface area contributed by atoms with Crippen LogP contribution in [-0.4, -0.2) is 76.6 Å². The molecule has 5 rings (SSSR count). The number of sulfone groups is 1. The fourth-order valence-electron chi connectivity index (χ4n) is 5.12. The molecule has 0 radical (unpaired) electrons. The number of aromatic nitrogens is 1. The van der Waals surface area contributed by atoms with Crippen LogP contribution in [0.2, 0.25) is 0 Å². The summed E-state index contributed by atoms with van der Waals surface area (Å²) in [6.07, 6.45) is 1.58. The van der Waals surface area contributed by atoms with Crippen LogP contribution in [0.4, 0.5) is 0 Å². The fraction of sp³-hybridized carbons (Fsp3) is 0.290. The summed E-state index contributed by atoms with van der Waals surface area (Å²) in [6.45, 7) is 3.28. The van der Waals surface area contributed by atoms with E-state index in [1.54, 1.807) is 56.8 Å². The Bertz CT molecular complexity index is 1660. The first-order chi connectivity index (χ1) is 19.8. The van der Waals surface area contributed by atoms with Crippen molar-refractivity contribution in [2.24, 2.45) is 0 Å². The molecule has 10 heteroatoms. The van der Waals surface area contributed by atoms with Crippen molar-refractivity contribution < 1.29 is 27.4 Å². The minimum absolute atomic E-state index is 0.113. The van der Waals surface area contributed by atoms with Crippen molar-refractivity contribution in [3.63, 3.8) is 0 Å². The number of ether oxygens (including phenoxy) is 3. The standard InChI is InChI=1S/C31H33N3O6S/c1-38-26-12-11-24(28(19-26)40-3)20-33-14-16-34(17-15-33)31(35)23-9-10-25(27(18-23)39-2)21-41(36,37)29-8-4-6-22-7-5-13-32-30(22)29/h4-13,18-19H,14-17,20-21H2,1-3H3. The number of carbonyl (C=O) groups excluding carboxylic acids is 1. The quantitative estimate of drug-likeness (QED) is 0.293. The molecule has 1 fully saturated rings. The Balaban J connectivity index is 1.26. The first-order valence-corrected chi connectivity index (χ1v) is 14.9. The summed E-state index contributed by atoms with van der Waals surface area (Å²) in [4.78, 5) is 21.9. The number of carbonyl (C=O) groups is 1. The van der Waals surface area contributed by atoms with Crippen molar-refractivity contribution >= 4 is 26.6 Å². The van der Waals surface area contributed by atoms with Gasteiger partial charge in [-0.1, -0.05) is 30.3 Å². The molecule has 2 heterocycles. The Hall–Kier alpha value is -4.15. The number of nitrogens with zero attached hydrogens (tertiary/aromatic N) is 3. The summed E-state index contributed by atoms with van der Waals surface area (Å²) in [5, 5.41) is 0.754. The van der Waals surface area contributed by atoms with Crippen molar-refractivity contribution in [3.8, 4) is 17.2 Å². The summed E-state index contributed by atoms with van der Waals surface area (Å²) in [7, 11) is 1.02. The largest absolute Gasteiger partial charge is 0.497 e. The number of fused-ring (bicyclic) bond motifs is 1. The number of hydrogen-bond donors (Lipinski definition) is 0. The highest BCUT2D eigenvalue weighted by molar-refractivity contribution is 7.90. The van der Waals surface area contributed by atoms with E-state index in [0.717, 1.165) is 22.4 Å². The van der Waals surface area contributed by atoms with Gasteiger partial charge in [0.2, 0.25) is 0 Å². The molecule has 0 atom stereocenters. The number of benzene rings is 3. The molecule has 214 valence electrons. The number of rotatable bonds is 9. The topological polar surface area (TPSA) is 98.3 Å². The van der Waals surface area contributed by atoms with Crippen LogP contribution in [-0.2, 0) is 22.1 Å². The van der Waals surface area contributed by atoms with E-state index in [1.165, 1.54) is 7.11 Å². The van der Waals surface area contributed by atoms with E-state index in [9.17, 15) is 13.2 Å². The Kier molecular flexibility index (Phi) is 8.41. The minimum atomic E-state index is -3.73. The van der Waals surface area contributed by atoms with Crippen molar-refractivity contribution in [1.82, 2.24) is 14.8 Å². The van der Waals surface area contributed by atoms with Crippen LogP contribution in [0.25, 0.3) is 10.9 Å². The van der Waals surface area contributed by atoms with E-state index in [2.05, 4.69) is 9.88 Å². The van der Waals surface area contributed by atoms with Gasteiger partial charge in [-0.3, -0.25) is 14.7 Å². The van der Waals surface area contributed by atoms with Gasteiger partial charge in [0.1, 0.15) is 17.2 Å². The number of para-hydroxylation sites is 1. The van der Waals surface area contributed by atoms with Gasteiger partial charge in [-0.25, -0.2) is 8.42 Å². The van der Waals surface area contributed by atoms with E-state index in [0.29, 0.717) is 55.1 Å². The number of pyridine rings is 1. The van der Waals surface area contributed by atoms with Gasteiger partial charge >= 0.3 is 0 Å². The van der Waals surface area contributed by atoms with Gasteiger partial charge in [0.15, 0.2) is 9.84 Å². The predicted octanol–water partition coefficient (Wildman–Crippen LogP) is 4.19. The first-order valence-electron chi connectivity index (χ1n) is 13.3. The van der Waals surface area contributed by atoms with E-state index in [4.69, 9.17) is 14.2 Å². The maximum Gasteiger partial charge on any atom is 0.254 e. The van der Waals surface area contributed by atoms with Crippen LogP contribution < -0.4 is 14.2 Å². The van der Waals surface area contributed by atoms with Gasteiger partial charge in [0, 0.05) is 67.1 Å². The highest BCUT2D eigenvalue weighted by Gasteiger charge is 2.25. The van der Waals surface area contributed by atoms with E-state index >= 15 is 0 Å². The van der Waals surface area contributed by atoms with Crippen LogP contribution >= 0.6 is 0 Å². The lowest BCUT2D eigenvalue weighted by atomic mass is 10.1. The van der Waals surface area contributed by atoms with Gasteiger partial charge in [-0.05, 0) is 30.3 Å². The van der Waals surface area contributed by atoms with Crippen LogP contribution in [0.15, 0.2) is 77.8 Å². The third-order valence-corrected chi connectivity index (χ3v) is 9.05. The molecule has 0 saturated carbocycles. The Labute approximate surface area is 240 Å². The lowest BCUT2D eigenvalue weighted by Crippen LogP contribution is -2.48. The molecule has 0 N–H and O–H groups in total. The first kappa shape index (κ1) is 28.4. The van der Waals surface area contributed by atoms with Crippen LogP contribution in [0.1, 0.15) is 21.5 Å². The summed E-state index contributed by atoms with van der Waals surface area (Å²) in [6, 6.07) is 19.5. The molecular formula is C31H33N3O6S. The number of hydrogen-bond acceptors (Lipinski definition) is 8. The van der Waals surface area contributed by atoms with Gasteiger partial charge in [0.05, 0.1) is 37.5 Å². The second kappa shape index (κ2) is 12.2. The molecule has 1 aromatic heterocycles. The Morgan fingerprint density at radius 3 is 2.27 bits per heavy atom. The molecule has 0 spiro atoms. The van der Waals surface area contributed by atoms with Crippen LogP contribution in [0.5, 0.6) is 17.2 Å². The Morgan fingerprint density at radius 2 is 1.54 bits per heavy atom. The van der Waals surface area contributed by atoms with Crippen LogP contribution in [0.3, 0.4) is 0 Å². The minimum Gasteiger partial charge on any atom is -0.497 e. The average Bonchev–Trinajstić information content (AvgIpc) is 3.01. The molecule has 0 unspecified atom stereocenters. The number of amides is 1. The van der Waals surface area contributed by atoms with E-state index in [-0.39, 0.29) is 16.6 Å². The second-order valence-electron chi connectivity index (χ2n) is 9.86. The third kappa shape index (κ3) is 6.13. The number of methoxy groups -OCH3 is 3. The fourth-order valence-corrected chi connectivity index (χ4v) is 6.68. The molecule has 1 aliphatic rings. The zero-order valence-corrected chi connectivity index (χ0v) is 24.2. The summed E-state index contributed by atoms with van der Waals surface area (Å²) >= 11 is 0. The molecule has 41 heavy (non-hydrogen) atoms. The third-order valence-electron chi connectivity index (χ3n) is 7.36. The molecule has 1 amide bonds. The normalized spacial score (nSPS) is 14.2. The highest BCUT2D eigenvalue weighted by Crippen LogP contribution is 2.29. The van der Waals surface area contributed by atoms with E-state index < -0.39 is 9.84 Å². The maximum atomic E-state index is 13.4. The smallest absolute Gasteiger partial charge is 0.254 e. The lowest BCUT2D eigenvalue weighted by Gasteiger charge is -2.35. The molecule has 0 aliphatic carbocycles. The van der Waals surface area contributed by atoms with Gasteiger partial charge in [-0.15, -0.1) is 0 Å². The lowest BCUT2D eigenvalue weighted by molar-refractivity contribution is 0.0627. The summed E-state index contributed by atoms with van der Waals surface area (Å²) in [5.74, 6) is 1.49. The van der Waals surface area contributed by atoms with Crippen LogP contribution in [0, 0.1) is 0 Å². The monoisotopic (exact) mass is 575 g/mol.